The first-order valence-electron chi connectivity index (χ1n) is 7.42. The number of methoxy groups -OCH3 is 1. The van der Waals surface area contributed by atoms with E-state index in [9.17, 15) is 13.6 Å². The van der Waals surface area contributed by atoms with Gasteiger partial charge in [0.05, 0.1) is 13.3 Å². The fourth-order valence-corrected chi connectivity index (χ4v) is 2.23. The largest absolute Gasteiger partial charge is 0.493 e. The van der Waals surface area contributed by atoms with E-state index in [-0.39, 0.29) is 18.3 Å². The van der Waals surface area contributed by atoms with Gasteiger partial charge >= 0.3 is 6.61 Å². The van der Waals surface area contributed by atoms with E-state index >= 15 is 0 Å². The van der Waals surface area contributed by atoms with E-state index in [1.807, 2.05) is 0 Å². The van der Waals surface area contributed by atoms with E-state index in [1.54, 1.807) is 18.2 Å². The Hall–Kier alpha value is -3.36. The van der Waals surface area contributed by atoms with Crippen LogP contribution in [0.2, 0.25) is 0 Å². The van der Waals surface area contributed by atoms with Crippen molar-refractivity contribution in [3.8, 4) is 23.0 Å². The minimum atomic E-state index is -2.95. The number of rotatable bonds is 6. The smallest absolute Gasteiger partial charge is 0.387 e. The zero-order valence-corrected chi connectivity index (χ0v) is 13.6. The summed E-state index contributed by atoms with van der Waals surface area (Å²) >= 11 is 0. The molecule has 26 heavy (non-hydrogen) atoms. The SMILES string of the molecule is COc1cc(C=NNC(=O)c2ccc3c(c2)OCO3)ccc1OC(F)F. The maximum atomic E-state index is 12.3. The normalized spacial score (nSPS) is 12.5. The number of nitrogens with one attached hydrogen (secondary N) is 1. The highest BCUT2D eigenvalue weighted by atomic mass is 19.3. The average molecular weight is 364 g/mol. The third-order valence-electron chi connectivity index (χ3n) is 3.42. The highest BCUT2D eigenvalue weighted by molar-refractivity contribution is 5.95. The summed E-state index contributed by atoms with van der Waals surface area (Å²) in [5.41, 5.74) is 3.24. The molecule has 0 aromatic heterocycles. The van der Waals surface area contributed by atoms with Crippen LogP contribution >= 0.6 is 0 Å². The highest BCUT2D eigenvalue weighted by Crippen LogP contribution is 2.32. The van der Waals surface area contributed by atoms with Gasteiger partial charge in [-0.05, 0) is 42.0 Å². The standard InChI is InChI=1S/C17H14F2N2O5/c1-23-14-6-10(2-4-13(14)26-17(18)19)8-20-21-16(22)11-3-5-12-15(7-11)25-9-24-12/h2-8,17H,9H2,1H3,(H,21,22). The lowest BCUT2D eigenvalue weighted by Crippen LogP contribution is -2.17. The summed E-state index contributed by atoms with van der Waals surface area (Å²) in [7, 11) is 1.33. The van der Waals surface area contributed by atoms with Gasteiger partial charge in [0.25, 0.3) is 5.91 Å². The second kappa shape index (κ2) is 7.68. The van der Waals surface area contributed by atoms with Gasteiger partial charge in [-0.25, -0.2) is 5.43 Å². The van der Waals surface area contributed by atoms with E-state index in [0.29, 0.717) is 22.6 Å². The van der Waals surface area contributed by atoms with Gasteiger partial charge in [-0.15, -0.1) is 0 Å². The molecule has 0 atom stereocenters. The Morgan fingerprint density at radius 2 is 2.00 bits per heavy atom. The molecule has 0 radical (unpaired) electrons. The van der Waals surface area contributed by atoms with Crippen molar-refractivity contribution in [3.05, 3.63) is 47.5 Å². The average Bonchev–Trinajstić information content (AvgIpc) is 3.10. The molecule has 1 N–H and O–H groups in total. The molecule has 2 aromatic carbocycles. The molecule has 2 aromatic rings. The number of fused-ring (bicyclic) bond motifs is 1. The number of nitrogens with zero attached hydrogens (tertiary/aromatic N) is 1. The molecule has 0 bridgehead atoms. The van der Waals surface area contributed by atoms with E-state index in [1.165, 1.54) is 31.5 Å². The maximum Gasteiger partial charge on any atom is 0.387 e. The van der Waals surface area contributed by atoms with Crippen molar-refractivity contribution in [2.75, 3.05) is 13.9 Å². The van der Waals surface area contributed by atoms with Crippen molar-refractivity contribution >= 4 is 12.1 Å². The van der Waals surface area contributed by atoms with Crippen molar-refractivity contribution in [3.63, 3.8) is 0 Å². The molecule has 0 fully saturated rings. The number of amides is 1. The first-order chi connectivity index (χ1) is 12.6. The topological polar surface area (TPSA) is 78.4 Å². The van der Waals surface area contributed by atoms with Gasteiger partial charge in [-0.2, -0.15) is 13.9 Å². The van der Waals surface area contributed by atoms with Crippen molar-refractivity contribution in [2.24, 2.45) is 5.10 Å². The second-order valence-electron chi connectivity index (χ2n) is 5.06. The van der Waals surface area contributed by atoms with Gasteiger partial charge in [0.1, 0.15) is 0 Å². The van der Waals surface area contributed by atoms with Crippen LogP contribution in [0.25, 0.3) is 0 Å². The summed E-state index contributed by atoms with van der Waals surface area (Å²) in [6.45, 7) is -2.84. The third-order valence-corrected chi connectivity index (χ3v) is 3.42. The van der Waals surface area contributed by atoms with Crippen LogP contribution in [0.15, 0.2) is 41.5 Å². The maximum absolute atomic E-state index is 12.3. The van der Waals surface area contributed by atoms with E-state index in [0.717, 1.165) is 0 Å². The molecule has 1 aliphatic heterocycles. The molecular weight excluding hydrogens is 350 g/mol. The van der Waals surface area contributed by atoms with Gasteiger partial charge < -0.3 is 18.9 Å². The molecule has 0 spiro atoms. The molecule has 7 nitrogen and oxygen atoms in total. The van der Waals surface area contributed by atoms with Gasteiger partial charge in [-0.1, -0.05) is 0 Å². The van der Waals surface area contributed by atoms with Gasteiger partial charge in [0, 0.05) is 5.56 Å². The Balaban J connectivity index is 1.65. The molecule has 0 saturated carbocycles. The minimum absolute atomic E-state index is 0.0935. The molecule has 0 saturated heterocycles. The Morgan fingerprint density at radius 1 is 1.19 bits per heavy atom. The Morgan fingerprint density at radius 3 is 2.77 bits per heavy atom. The number of ether oxygens (including phenoxy) is 4. The van der Waals surface area contributed by atoms with Crippen LogP contribution in [0, 0.1) is 0 Å². The Bertz CT molecular complexity index is 842. The monoisotopic (exact) mass is 364 g/mol. The lowest BCUT2D eigenvalue weighted by atomic mass is 10.2. The first kappa shape index (κ1) is 17.5. The number of alkyl halides is 2. The van der Waals surface area contributed by atoms with Crippen LogP contribution in [0.5, 0.6) is 23.0 Å². The van der Waals surface area contributed by atoms with E-state index in [4.69, 9.17) is 14.2 Å². The van der Waals surface area contributed by atoms with Gasteiger partial charge in [0.2, 0.25) is 6.79 Å². The predicted molar refractivity (Wildman–Crippen MR) is 87.3 cm³/mol. The van der Waals surface area contributed by atoms with Crippen LogP contribution in [0.3, 0.4) is 0 Å². The number of hydrogen-bond acceptors (Lipinski definition) is 6. The van der Waals surface area contributed by atoms with Crippen LogP contribution in [0.1, 0.15) is 15.9 Å². The van der Waals surface area contributed by atoms with Crippen molar-refractivity contribution < 1.29 is 32.5 Å². The van der Waals surface area contributed by atoms with Gasteiger partial charge in [0.15, 0.2) is 23.0 Å². The molecule has 1 amide bonds. The van der Waals surface area contributed by atoms with Crippen LogP contribution < -0.4 is 24.4 Å². The Kier molecular flexibility index (Phi) is 5.16. The molecule has 0 aliphatic carbocycles. The van der Waals surface area contributed by atoms with E-state index in [2.05, 4.69) is 15.3 Å². The fraction of sp³-hybridized carbons (Fsp3) is 0.176. The number of carbonyl (C=O) groups excluding carboxylic acids is 1. The zero-order valence-electron chi connectivity index (χ0n) is 13.6. The number of hydrogen-bond donors (Lipinski definition) is 1. The van der Waals surface area contributed by atoms with Crippen molar-refractivity contribution in [1.29, 1.82) is 0 Å². The minimum Gasteiger partial charge on any atom is -0.493 e. The van der Waals surface area contributed by atoms with Crippen LogP contribution in [-0.4, -0.2) is 32.6 Å². The summed E-state index contributed by atoms with van der Waals surface area (Å²) in [5, 5.41) is 3.84. The summed E-state index contributed by atoms with van der Waals surface area (Å²) < 4.78 is 44.3. The van der Waals surface area contributed by atoms with Crippen LogP contribution in [0.4, 0.5) is 8.78 Å². The van der Waals surface area contributed by atoms with Gasteiger partial charge in [-0.3, -0.25) is 4.79 Å². The Labute approximate surface area is 147 Å². The molecule has 0 unspecified atom stereocenters. The molecule has 136 valence electrons. The molecule has 1 aliphatic rings. The molecular formula is C17H14F2N2O5. The summed E-state index contributed by atoms with van der Waals surface area (Å²) in [4.78, 5) is 12.1. The zero-order chi connectivity index (χ0) is 18.5. The van der Waals surface area contributed by atoms with Crippen molar-refractivity contribution in [2.45, 2.75) is 6.61 Å². The second-order valence-corrected chi connectivity index (χ2v) is 5.06. The lowest BCUT2D eigenvalue weighted by molar-refractivity contribution is -0.0512. The number of carbonyl (C=O) groups is 1. The molecule has 9 heteroatoms. The first-order valence-corrected chi connectivity index (χ1v) is 7.42. The summed E-state index contributed by atoms with van der Waals surface area (Å²) in [6.07, 6.45) is 1.35. The van der Waals surface area contributed by atoms with Crippen molar-refractivity contribution in [1.82, 2.24) is 5.43 Å². The van der Waals surface area contributed by atoms with E-state index < -0.39 is 12.5 Å². The summed E-state index contributed by atoms with van der Waals surface area (Å²) in [5.74, 6) is 0.647. The molecule has 1 heterocycles. The fourth-order valence-electron chi connectivity index (χ4n) is 2.23. The molecule has 3 rings (SSSR count). The van der Waals surface area contributed by atoms with Crippen LogP contribution in [-0.2, 0) is 0 Å². The third kappa shape index (κ3) is 4.00. The number of hydrazone groups is 1. The lowest BCUT2D eigenvalue weighted by Gasteiger charge is -2.09. The summed E-state index contributed by atoms with van der Waals surface area (Å²) in [6, 6.07) is 9.04. The number of halogens is 2. The predicted octanol–water partition coefficient (Wildman–Crippen LogP) is 2.79. The quantitative estimate of drug-likeness (QED) is 0.630. The number of benzene rings is 2. The highest BCUT2D eigenvalue weighted by Gasteiger charge is 2.16.